The first-order valence-corrected chi connectivity index (χ1v) is 5.02. The lowest BCUT2D eigenvalue weighted by atomic mass is 10.2. The molecule has 6 heteroatoms. The normalized spacial score (nSPS) is 9.08. The highest BCUT2D eigenvalue weighted by atomic mass is 31.1. The largest absolute Gasteiger partial charge is 0.352 e. The van der Waals surface area contributed by atoms with Gasteiger partial charge in [-0.05, 0) is 12.0 Å². The Labute approximate surface area is 78.4 Å². The zero-order valence-corrected chi connectivity index (χ0v) is 8.78. The van der Waals surface area contributed by atoms with Gasteiger partial charge in [-0.1, -0.05) is 20.4 Å². The fourth-order valence-electron chi connectivity index (χ4n) is 0.377. The molecule has 0 aromatic rings. The molecule has 0 aromatic carbocycles. The van der Waals surface area contributed by atoms with Crippen LogP contribution in [-0.4, -0.2) is 22.2 Å². The molecule has 5 nitrogen and oxygen atoms in total. The van der Waals surface area contributed by atoms with Gasteiger partial charge in [-0.3, -0.25) is 9.36 Å². The summed E-state index contributed by atoms with van der Waals surface area (Å²) in [4.78, 5) is 24.8. The molecule has 0 unspecified atom stereocenters. The van der Waals surface area contributed by atoms with Gasteiger partial charge in [0, 0.05) is 6.54 Å². The first kappa shape index (κ1) is 14.9. The number of rotatable bonds is 3. The molecule has 0 spiro atoms. The topological polar surface area (TPSA) is 86.6 Å². The van der Waals surface area contributed by atoms with Crippen LogP contribution in [0.25, 0.3) is 0 Å². The van der Waals surface area contributed by atoms with E-state index in [2.05, 4.69) is 11.9 Å². The van der Waals surface area contributed by atoms with Crippen LogP contribution in [0.5, 0.6) is 0 Å². The molecule has 0 rings (SSSR count). The van der Waals surface area contributed by atoms with E-state index in [0.717, 1.165) is 6.54 Å². The van der Waals surface area contributed by atoms with E-state index in [0.29, 0.717) is 5.92 Å². The molecule has 0 aromatic heterocycles. The fraction of sp³-hybridized carbons (Fsp3) is 0.571. The van der Waals surface area contributed by atoms with Gasteiger partial charge in [0.25, 0.3) is 0 Å². The average molecular weight is 209 g/mol. The van der Waals surface area contributed by atoms with Gasteiger partial charge in [0.2, 0.25) is 5.91 Å². The lowest BCUT2D eigenvalue weighted by molar-refractivity contribution is -0.116. The van der Waals surface area contributed by atoms with Gasteiger partial charge in [0.15, 0.2) is 0 Å². The van der Waals surface area contributed by atoms with Crippen LogP contribution in [0.15, 0.2) is 12.7 Å². The molecule has 3 N–H and O–H groups in total. The highest BCUT2D eigenvalue weighted by molar-refractivity contribution is 7.30. The lowest BCUT2D eigenvalue weighted by Crippen LogP contribution is -2.24. The molecule has 78 valence electrons. The first-order chi connectivity index (χ1) is 5.90. The van der Waals surface area contributed by atoms with E-state index in [1.165, 1.54) is 6.08 Å². The van der Waals surface area contributed by atoms with Gasteiger partial charge in [-0.25, -0.2) is 0 Å². The van der Waals surface area contributed by atoms with E-state index in [1.54, 1.807) is 0 Å². The van der Waals surface area contributed by atoms with Crippen molar-refractivity contribution in [1.82, 2.24) is 5.32 Å². The molecular formula is C7H16NO4P. The summed E-state index contributed by atoms with van der Waals surface area (Å²) in [5.41, 5.74) is 0. The van der Waals surface area contributed by atoms with Crippen LogP contribution in [-0.2, 0) is 9.36 Å². The summed E-state index contributed by atoms with van der Waals surface area (Å²) in [5, 5.41) is 2.67. The molecular weight excluding hydrogens is 193 g/mol. The number of nitrogens with one attached hydrogen (secondary N) is 1. The maximum absolute atomic E-state index is 10.5. The lowest BCUT2D eigenvalue weighted by Gasteiger charge is -2.03. The zero-order valence-electron chi connectivity index (χ0n) is 7.78. The second-order valence-electron chi connectivity index (χ2n) is 2.63. The molecule has 0 saturated carbocycles. The molecule has 0 radical (unpaired) electrons. The summed E-state index contributed by atoms with van der Waals surface area (Å²) in [6, 6.07) is 0. The van der Waals surface area contributed by atoms with E-state index < -0.39 is 8.25 Å². The van der Waals surface area contributed by atoms with E-state index in [4.69, 9.17) is 14.4 Å². The molecule has 0 aliphatic carbocycles. The Bertz CT molecular complexity index is 177. The Balaban J connectivity index is 0. The smallest absolute Gasteiger partial charge is 0.314 e. The summed E-state index contributed by atoms with van der Waals surface area (Å²) < 4.78 is 8.74. The highest BCUT2D eigenvalue weighted by Gasteiger charge is 1.94. The van der Waals surface area contributed by atoms with Gasteiger partial charge in [-0.15, -0.1) is 0 Å². The van der Waals surface area contributed by atoms with Gasteiger partial charge in [0.1, 0.15) is 0 Å². The van der Waals surface area contributed by atoms with E-state index in [1.807, 2.05) is 13.8 Å². The number of carbonyl (C=O) groups excluding carboxylic acids is 1. The maximum Gasteiger partial charge on any atom is 0.314 e. The minimum absolute atomic E-state index is 0.0938. The average Bonchev–Trinajstić information content (AvgIpc) is 1.99. The maximum atomic E-state index is 10.5. The van der Waals surface area contributed by atoms with Crippen LogP contribution in [0.3, 0.4) is 0 Å². The molecule has 0 aliphatic heterocycles. The van der Waals surface area contributed by atoms with Crippen LogP contribution in [0, 0.1) is 5.92 Å². The molecule has 0 bridgehead atoms. The van der Waals surface area contributed by atoms with Crippen molar-refractivity contribution in [2.45, 2.75) is 13.8 Å². The van der Waals surface area contributed by atoms with Crippen molar-refractivity contribution in [3.05, 3.63) is 12.7 Å². The summed E-state index contributed by atoms with van der Waals surface area (Å²) in [6.45, 7) is 8.14. The van der Waals surface area contributed by atoms with Crippen molar-refractivity contribution >= 4 is 14.2 Å². The predicted molar refractivity (Wildman–Crippen MR) is 51.5 cm³/mol. The van der Waals surface area contributed by atoms with Crippen molar-refractivity contribution in [1.29, 1.82) is 0 Å². The van der Waals surface area contributed by atoms with Crippen molar-refractivity contribution < 1.29 is 19.1 Å². The standard InChI is InChI=1S/C7H13NO.H3O3P/c1-4-7(9)8-5-6(2)3;1-4(2)3/h4,6H,1,5H2,2-3H3,(H,8,9);4H,(H2,1,2,3). The molecule has 1 amide bonds. The van der Waals surface area contributed by atoms with Crippen LogP contribution in [0.2, 0.25) is 0 Å². The minimum Gasteiger partial charge on any atom is -0.352 e. The molecule has 0 saturated heterocycles. The molecule has 13 heavy (non-hydrogen) atoms. The molecule has 0 fully saturated rings. The van der Waals surface area contributed by atoms with Crippen molar-refractivity contribution in [2.24, 2.45) is 5.92 Å². The fourth-order valence-corrected chi connectivity index (χ4v) is 0.377. The van der Waals surface area contributed by atoms with Crippen LogP contribution < -0.4 is 5.32 Å². The third kappa shape index (κ3) is 24.6. The Kier molecular flexibility index (Phi) is 10.8. The zero-order chi connectivity index (χ0) is 10.9. The van der Waals surface area contributed by atoms with Gasteiger partial charge in [0.05, 0.1) is 0 Å². The van der Waals surface area contributed by atoms with Crippen LogP contribution in [0.1, 0.15) is 13.8 Å². The van der Waals surface area contributed by atoms with Crippen molar-refractivity contribution in [2.75, 3.05) is 6.54 Å². The highest BCUT2D eigenvalue weighted by Crippen LogP contribution is 1.98. The summed E-state index contributed by atoms with van der Waals surface area (Å²) >= 11 is 0. The Morgan fingerprint density at radius 2 is 2.00 bits per heavy atom. The Hall–Kier alpha value is -0.640. The van der Waals surface area contributed by atoms with Gasteiger partial charge in [-0.2, -0.15) is 0 Å². The van der Waals surface area contributed by atoms with E-state index in [-0.39, 0.29) is 5.91 Å². The summed E-state index contributed by atoms with van der Waals surface area (Å²) in [7, 11) is -3.13. The monoisotopic (exact) mass is 209 g/mol. The van der Waals surface area contributed by atoms with Crippen molar-refractivity contribution in [3.8, 4) is 0 Å². The summed E-state index contributed by atoms with van der Waals surface area (Å²) in [5.74, 6) is 0.414. The number of hydrogen-bond acceptors (Lipinski definition) is 2. The van der Waals surface area contributed by atoms with E-state index in [9.17, 15) is 4.79 Å². The molecule has 0 atom stereocenters. The van der Waals surface area contributed by atoms with E-state index >= 15 is 0 Å². The second kappa shape index (κ2) is 9.45. The van der Waals surface area contributed by atoms with Gasteiger partial charge >= 0.3 is 8.25 Å². The third-order valence-corrected chi connectivity index (χ3v) is 0.870. The second-order valence-corrected chi connectivity index (χ2v) is 3.19. The van der Waals surface area contributed by atoms with Crippen LogP contribution >= 0.6 is 8.25 Å². The predicted octanol–water partition coefficient (Wildman–Crippen LogP) is 0.305. The number of hydrogen-bond donors (Lipinski definition) is 3. The Morgan fingerprint density at radius 3 is 2.23 bits per heavy atom. The summed E-state index contributed by atoms with van der Waals surface area (Å²) in [6.07, 6.45) is 1.28. The first-order valence-electron chi connectivity index (χ1n) is 3.72. The molecule has 0 heterocycles. The number of carbonyl (C=O) groups is 1. The Morgan fingerprint density at radius 1 is 1.62 bits per heavy atom. The quantitative estimate of drug-likeness (QED) is 0.461. The van der Waals surface area contributed by atoms with Crippen LogP contribution in [0.4, 0.5) is 0 Å². The molecule has 0 aliphatic rings. The minimum atomic E-state index is -3.13. The number of amides is 1. The van der Waals surface area contributed by atoms with Gasteiger partial charge < -0.3 is 15.1 Å². The SMILES string of the molecule is C=CC(=O)NCC(C)C.O=[PH](O)O. The van der Waals surface area contributed by atoms with Crippen molar-refractivity contribution in [3.63, 3.8) is 0 Å². The third-order valence-electron chi connectivity index (χ3n) is 0.870.